The number of carbonyl (C=O) groups excluding carboxylic acids is 1. The van der Waals surface area contributed by atoms with Gasteiger partial charge in [-0.2, -0.15) is 4.98 Å². The molecule has 3 N–H and O–H groups in total. The molecular formula is C15H20N4O2. The predicted molar refractivity (Wildman–Crippen MR) is 79.3 cm³/mol. The number of carbonyl (C=O) groups is 1. The number of amides is 1. The fourth-order valence-electron chi connectivity index (χ4n) is 1.82. The maximum absolute atomic E-state index is 11.5. The van der Waals surface area contributed by atoms with Crippen LogP contribution in [-0.4, -0.2) is 22.1 Å². The van der Waals surface area contributed by atoms with Crippen LogP contribution in [0, 0.1) is 0 Å². The second-order valence-electron chi connectivity index (χ2n) is 5.03. The minimum atomic E-state index is -0.573. The third-order valence-corrected chi connectivity index (χ3v) is 3.20. The smallest absolute Gasteiger partial charge is 0.249 e. The Morgan fingerprint density at radius 2 is 2.00 bits per heavy atom. The minimum Gasteiger partial charge on any atom is -0.343 e. The highest BCUT2D eigenvalue weighted by Crippen LogP contribution is 2.19. The highest BCUT2D eigenvalue weighted by atomic mass is 16.5. The molecular weight excluding hydrogens is 268 g/mol. The lowest BCUT2D eigenvalue weighted by atomic mass is 10.1. The van der Waals surface area contributed by atoms with Crippen LogP contribution in [0.4, 0.5) is 0 Å². The first-order chi connectivity index (χ1) is 10.0. The number of hydrogen-bond acceptors (Lipinski definition) is 5. The Labute approximate surface area is 123 Å². The van der Waals surface area contributed by atoms with Gasteiger partial charge in [0.1, 0.15) is 6.04 Å². The SMILES string of the molecule is CCc1ccc(-c2noc(C(C)NC(=O)[C@@H](C)N)n2)cc1. The lowest BCUT2D eigenvalue weighted by Crippen LogP contribution is -2.39. The third kappa shape index (κ3) is 3.66. The summed E-state index contributed by atoms with van der Waals surface area (Å²) in [7, 11) is 0. The van der Waals surface area contributed by atoms with E-state index in [4.69, 9.17) is 10.3 Å². The molecule has 6 nitrogen and oxygen atoms in total. The van der Waals surface area contributed by atoms with E-state index in [0.29, 0.717) is 11.7 Å². The van der Waals surface area contributed by atoms with Gasteiger partial charge in [-0.3, -0.25) is 4.79 Å². The minimum absolute atomic E-state index is 0.255. The van der Waals surface area contributed by atoms with E-state index >= 15 is 0 Å². The molecule has 21 heavy (non-hydrogen) atoms. The molecule has 2 atom stereocenters. The maximum atomic E-state index is 11.5. The Kier molecular flexibility index (Phi) is 4.70. The Hall–Kier alpha value is -2.21. The van der Waals surface area contributed by atoms with E-state index in [2.05, 4.69) is 22.4 Å². The summed E-state index contributed by atoms with van der Waals surface area (Å²) in [6.07, 6.45) is 0.984. The summed E-state index contributed by atoms with van der Waals surface area (Å²) in [5, 5.41) is 6.66. The van der Waals surface area contributed by atoms with Gasteiger partial charge in [0.05, 0.1) is 6.04 Å². The van der Waals surface area contributed by atoms with Crippen LogP contribution in [0.1, 0.15) is 38.3 Å². The number of hydrogen-bond donors (Lipinski definition) is 2. The number of nitrogens with one attached hydrogen (secondary N) is 1. The molecule has 1 heterocycles. The maximum Gasteiger partial charge on any atom is 0.249 e. The number of nitrogens with two attached hydrogens (primary N) is 1. The fourth-order valence-corrected chi connectivity index (χ4v) is 1.82. The Morgan fingerprint density at radius 1 is 1.33 bits per heavy atom. The molecule has 0 aliphatic carbocycles. The standard InChI is InChI=1S/C15H20N4O2/c1-4-11-5-7-12(8-6-11)13-18-15(21-19-13)10(3)17-14(20)9(2)16/h5-10H,4,16H2,1-3H3,(H,17,20)/t9-,10?/m1/s1. The molecule has 0 bridgehead atoms. The molecule has 0 aliphatic rings. The van der Waals surface area contributed by atoms with Crippen molar-refractivity contribution in [3.05, 3.63) is 35.7 Å². The van der Waals surface area contributed by atoms with Gasteiger partial charge in [-0.25, -0.2) is 0 Å². The molecule has 1 aromatic carbocycles. The highest BCUT2D eigenvalue weighted by molar-refractivity contribution is 5.81. The molecule has 1 amide bonds. The molecule has 2 rings (SSSR count). The van der Waals surface area contributed by atoms with Gasteiger partial charge in [-0.15, -0.1) is 0 Å². The van der Waals surface area contributed by atoms with E-state index in [1.165, 1.54) is 5.56 Å². The van der Waals surface area contributed by atoms with E-state index in [9.17, 15) is 4.79 Å². The largest absolute Gasteiger partial charge is 0.343 e. The number of aromatic nitrogens is 2. The topological polar surface area (TPSA) is 94.0 Å². The number of rotatable bonds is 5. The lowest BCUT2D eigenvalue weighted by Gasteiger charge is -2.11. The highest BCUT2D eigenvalue weighted by Gasteiger charge is 2.18. The number of aryl methyl sites for hydroxylation is 1. The van der Waals surface area contributed by atoms with Crippen LogP contribution in [0.25, 0.3) is 11.4 Å². The summed E-state index contributed by atoms with van der Waals surface area (Å²) in [5.41, 5.74) is 7.64. The van der Waals surface area contributed by atoms with Crippen molar-refractivity contribution in [3.8, 4) is 11.4 Å². The van der Waals surface area contributed by atoms with Crippen molar-refractivity contribution in [2.75, 3.05) is 0 Å². The molecule has 6 heteroatoms. The van der Waals surface area contributed by atoms with E-state index in [0.717, 1.165) is 12.0 Å². The quantitative estimate of drug-likeness (QED) is 0.875. The summed E-state index contributed by atoms with van der Waals surface area (Å²) in [5.74, 6) is 0.614. The summed E-state index contributed by atoms with van der Waals surface area (Å²) < 4.78 is 5.20. The average molecular weight is 288 g/mol. The zero-order valence-electron chi connectivity index (χ0n) is 12.5. The molecule has 112 valence electrons. The monoisotopic (exact) mass is 288 g/mol. The average Bonchev–Trinajstić information content (AvgIpc) is 2.97. The van der Waals surface area contributed by atoms with Crippen LogP contribution in [-0.2, 0) is 11.2 Å². The Bertz CT molecular complexity index is 604. The molecule has 0 radical (unpaired) electrons. The Morgan fingerprint density at radius 3 is 2.57 bits per heavy atom. The second-order valence-corrected chi connectivity index (χ2v) is 5.03. The second kappa shape index (κ2) is 6.49. The molecule has 0 saturated heterocycles. The van der Waals surface area contributed by atoms with Gasteiger partial charge in [-0.05, 0) is 25.8 Å². The number of benzene rings is 1. The third-order valence-electron chi connectivity index (χ3n) is 3.20. The van der Waals surface area contributed by atoms with Crippen LogP contribution in [0.15, 0.2) is 28.8 Å². The molecule has 0 saturated carbocycles. The Balaban J connectivity index is 2.11. The summed E-state index contributed by atoms with van der Waals surface area (Å²) in [6.45, 7) is 5.50. The molecule has 0 spiro atoms. The van der Waals surface area contributed by atoms with Crippen LogP contribution in [0.5, 0.6) is 0 Å². The van der Waals surface area contributed by atoms with Crippen molar-refractivity contribution in [2.24, 2.45) is 5.73 Å². The predicted octanol–water partition coefficient (Wildman–Crippen LogP) is 1.82. The van der Waals surface area contributed by atoms with E-state index in [-0.39, 0.29) is 11.9 Å². The molecule has 0 aliphatic heterocycles. The zero-order chi connectivity index (χ0) is 15.4. The van der Waals surface area contributed by atoms with Crippen LogP contribution in [0.2, 0.25) is 0 Å². The van der Waals surface area contributed by atoms with Gasteiger partial charge in [0.2, 0.25) is 17.6 Å². The van der Waals surface area contributed by atoms with Crippen molar-refractivity contribution in [1.82, 2.24) is 15.5 Å². The molecule has 2 aromatic rings. The fraction of sp³-hybridized carbons (Fsp3) is 0.400. The molecule has 1 unspecified atom stereocenters. The summed E-state index contributed by atoms with van der Waals surface area (Å²) in [4.78, 5) is 15.9. The first-order valence-electron chi connectivity index (χ1n) is 7.00. The van der Waals surface area contributed by atoms with Crippen LogP contribution in [0.3, 0.4) is 0 Å². The normalized spacial score (nSPS) is 13.7. The van der Waals surface area contributed by atoms with Crippen LogP contribution < -0.4 is 11.1 Å². The van der Waals surface area contributed by atoms with Crippen molar-refractivity contribution in [1.29, 1.82) is 0 Å². The van der Waals surface area contributed by atoms with Gasteiger partial charge in [0, 0.05) is 5.56 Å². The summed E-state index contributed by atoms with van der Waals surface area (Å²) in [6, 6.07) is 7.03. The van der Waals surface area contributed by atoms with Gasteiger partial charge in [0.15, 0.2) is 0 Å². The van der Waals surface area contributed by atoms with Crippen molar-refractivity contribution >= 4 is 5.91 Å². The van der Waals surface area contributed by atoms with Crippen LogP contribution >= 0.6 is 0 Å². The first-order valence-corrected chi connectivity index (χ1v) is 7.00. The first kappa shape index (κ1) is 15.2. The van der Waals surface area contributed by atoms with Gasteiger partial charge < -0.3 is 15.6 Å². The van der Waals surface area contributed by atoms with Crippen molar-refractivity contribution < 1.29 is 9.32 Å². The van der Waals surface area contributed by atoms with Crippen molar-refractivity contribution in [2.45, 2.75) is 39.3 Å². The zero-order valence-corrected chi connectivity index (χ0v) is 12.5. The summed E-state index contributed by atoms with van der Waals surface area (Å²) >= 11 is 0. The van der Waals surface area contributed by atoms with Crippen molar-refractivity contribution in [3.63, 3.8) is 0 Å². The van der Waals surface area contributed by atoms with Gasteiger partial charge in [0.25, 0.3) is 0 Å². The lowest BCUT2D eigenvalue weighted by molar-refractivity contribution is -0.122. The number of nitrogens with zero attached hydrogens (tertiary/aromatic N) is 2. The van der Waals surface area contributed by atoms with Gasteiger partial charge in [-0.1, -0.05) is 36.3 Å². The van der Waals surface area contributed by atoms with E-state index in [1.54, 1.807) is 13.8 Å². The van der Waals surface area contributed by atoms with E-state index < -0.39 is 6.04 Å². The van der Waals surface area contributed by atoms with Gasteiger partial charge >= 0.3 is 0 Å². The molecule has 1 aromatic heterocycles. The molecule has 0 fully saturated rings. The van der Waals surface area contributed by atoms with E-state index in [1.807, 2.05) is 24.3 Å².